The molecule has 0 N–H and O–H groups in total. The molecule has 2 amide bonds. The minimum atomic E-state index is -0.656. The van der Waals surface area contributed by atoms with Crippen LogP contribution in [0.2, 0.25) is 0 Å². The molecule has 0 heterocycles. The number of esters is 2. The Hall–Kier alpha value is -1.82. The molecule has 246 valence electrons. The first-order valence-corrected chi connectivity index (χ1v) is 16.9. The summed E-state index contributed by atoms with van der Waals surface area (Å²) in [5.74, 6) is 0.365. The van der Waals surface area contributed by atoms with Crippen LogP contribution in [0.4, 0.5) is 9.59 Å². The minimum absolute atomic E-state index is 0.153. The van der Waals surface area contributed by atoms with Crippen LogP contribution in [0.5, 0.6) is 0 Å². The lowest BCUT2D eigenvalue weighted by atomic mass is 10.1. The van der Waals surface area contributed by atoms with Gasteiger partial charge in [-0.2, -0.15) is 0 Å². The molecule has 0 fully saturated rings. The van der Waals surface area contributed by atoms with Crippen molar-refractivity contribution in [2.24, 2.45) is 0 Å². The summed E-state index contributed by atoms with van der Waals surface area (Å²) < 4.78 is 22.0. The lowest BCUT2D eigenvalue weighted by molar-refractivity contribution is -0.156. The lowest BCUT2D eigenvalue weighted by Gasteiger charge is -2.32. The average molecular weight is 637 g/mol. The van der Waals surface area contributed by atoms with Crippen LogP contribution in [-0.2, 0) is 28.5 Å². The second-order valence-corrected chi connectivity index (χ2v) is 16.9. The molecule has 2 atom stereocenters. The minimum Gasteiger partial charge on any atom is -0.460 e. The van der Waals surface area contributed by atoms with Crippen LogP contribution in [0, 0.1) is 0 Å². The summed E-state index contributed by atoms with van der Waals surface area (Å²) in [5, 5.41) is 0. The first-order chi connectivity index (χ1) is 18.8. The molecule has 0 aliphatic carbocycles. The molecule has 12 heteroatoms. The Labute approximate surface area is 262 Å². The molecule has 42 heavy (non-hydrogen) atoms. The number of hydrogen-bond acceptors (Lipinski definition) is 10. The molecule has 0 aromatic rings. The van der Waals surface area contributed by atoms with Crippen LogP contribution >= 0.6 is 21.6 Å². The van der Waals surface area contributed by atoms with E-state index in [0.717, 1.165) is 0 Å². The van der Waals surface area contributed by atoms with Crippen molar-refractivity contribution in [1.82, 2.24) is 9.80 Å². The predicted molar refractivity (Wildman–Crippen MR) is 171 cm³/mol. The van der Waals surface area contributed by atoms with Crippen molar-refractivity contribution in [1.29, 1.82) is 0 Å². The van der Waals surface area contributed by atoms with Crippen molar-refractivity contribution >= 4 is 45.7 Å². The van der Waals surface area contributed by atoms with Crippen molar-refractivity contribution in [2.75, 3.05) is 25.6 Å². The van der Waals surface area contributed by atoms with E-state index in [2.05, 4.69) is 0 Å². The van der Waals surface area contributed by atoms with E-state index in [-0.39, 0.29) is 36.9 Å². The normalized spacial score (nSPS) is 14.0. The van der Waals surface area contributed by atoms with Gasteiger partial charge in [-0.25, -0.2) is 9.59 Å². The molecule has 0 aromatic heterocycles. The Morgan fingerprint density at radius 1 is 0.524 bits per heavy atom. The Morgan fingerprint density at radius 2 is 0.786 bits per heavy atom. The van der Waals surface area contributed by atoms with Crippen LogP contribution in [0.25, 0.3) is 0 Å². The van der Waals surface area contributed by atoms with E-state index in [9.17, 15) is 19.2 Å². The van der Waals surface area contributed by atoms with E-state index in [0.29, 0.717) is 24.3 Å². The van der Waals surface area contributed by atoms with Crippen LogP contribution in [0.15, 0.2) is 0 Å². The van der Waals surface area contributed by atoms with Gasteiger partial charge in [-0.05, 0) is 95.9 Å². The highest BCUT2D eigenvalue weighted by atomic mass is 33.1. The number of carbonyl (C=O) groups is 4. The van der Waals surface area contributed by atoms with Gasteiger partial charge in [0.1, 0.15) is 22.4 Å². The first kappa shape index (κ1) is 40.2. The summed E-state index contributed by atoms with van der Waals surface area (Å²) in [6.45, 7) is 21.7. The van der Waals surface area contributed by atoms with Gasteiger partial charge in [0.15, 0.2) is 0 Å². The lowest BCUT2D eigenvalue weighted by Crippen LogP contribution is -2.43. The fourth-order valence-electron chi connectivity index (χ4n) is 3.35. The SMILES string of the molecule is CN(C(=O)OC(C)(C)C)[C@@H](CCC(=O)OC(C)(C)C)CSSC[C@H](CCC(=O)OC(C)(C)C)N(C)C(=O)OC(C)(C)C. The zero-order chi connectivity index (χ0) is 33.1. The first-order valence-electron chi connectivity index (χ1n) is 14.4. The molecule has 0 aliphatic heterocycles. The Kier molecular flexibility index (Phi) is 16.1. The molecule has 0 aromatic carbocycles. The Balaban J connectivity index is 5.49. The largest absolute Gasteiger partial charge is 0.460 e. The van der Waals surface area contributed by atoms with E-state index in [1.54, 1.807) is 55.6 Å². The van der Waals surface area contributed by atoms with E-state index < -0.39 is 34.6 Å². The highest BCUT2D eigenvalue weighted by Crippen LogP contribution is 2.29. The van der Waals surface area contributed by atoms with Gasteiger partial charge in [-0.3, -0.25) is 9.59 Å². The molecule has 0 aliphatic rings. The maximum absolute atomic E-state index is 12.8. The third-order valence-corrected chi connectivity index (χ3v) is 7.79. The highest BCUT2D eigenvalue weighted by Gasteiger charge is 2.29. The zero-order valence-corrected chi connectivity index (χ0v) is 30.0. The molecule has 0 spiro atoms. The van der Waals surface area contributed by atoms with E-state index in [1.165, 1.54) is 31.4 Å². The van der Waals surface area contributed by atoms with Gasteiger partial charge in [-0.1, -0.05) is 21.6 Å². The second-order valence-electron chi connectivity index (χ2n) is 14.3. The number of amides is 2. The Morgan fingerprint density at radius 3 is 1.02 bits per heavy atom. The van der Waals surface area contributed by atoms with Crippen molar-refractivity contribution in [3.63, 3.8) is 0 Å². The van der Waals surface area contributed by atoms with Crippen molar-refractivity contribution in [3.05, 3.63) is 0 Å². The van der Waals surface area contributed by atoms with E-state index in [4.69, 9.17) is 18.9 Å². The number of nitrogens with zero attached hydrogens (tertiary/aromatic N) is 2. The number of carbonyl (C=O) groups excluding carboxylic acids is 4. The summed E-state index contributed by atoms with van der Waals surface area (Å²) in [6.07, 6.45) is 0.167. The number of hydrogen-bond donors (Lipinski definition) is 0. The average Bonchev–Trinajstić information content (AvgIpc) is 2.74. The van der Waals surface area contributed by atoms with Crippen LogP contribution < -0.4 is 0 Å². The van der Waals surface area contributed by atoms with Crippen molar-refractivity contribution < 1.29 is 38.1 Å². The number of rotatable bonds is 13. The molecule has 0 saturated heterocycles. The van der Waals surface area contributed by atoms with Crippen LogP contribution in [-0.4, -0.2) is 94.0 Å². The van der Waals surface area contributed by atoms with Gasteiger partial charge in [0.05, 0.1) is 0 Å². The van der Waals surface area contributed by atoms with Gasteiger partial charge in [0.25, 0.3) is 0 Å². The molecule has 0 radical (unpaired) electrons. The quantitative estimate of drug-likeness (QED) is 0.0899. The summed E-state index contributed by atoms with van der Waals surface area (Å²) in [5.41, 5.74) is -2.50. The van der Waals surface area contributed by atoms with Gasteiger partial charge in [0, 0.05) is 50.5 Å². The molecule has 0 saturated carbocycles. The monoisotopic (exact) mass is 636 g/mol. The van der Waals surface area contributed by atoms with Crippen molar-refractivity contribution in [3.8, 4) is 0 Å². The molecule has 0 unspecified atom stereocenters. The van der Waals surface area contributed by atoms with Gasteiger partial charge >= 0.3 is 24.1 Å². The van der Waals surface area contributed by atoms with Crippen LogP contribution in [0.3, 0.4) is 0 Å². The van der Waals surface area contributed by atoms with Gasteiger partial charge in [0.2, 0.25) is 0 Å². The fraction of sp³-hybridized carbons (Fsp3) is 0.867. The summed E-state index contributed by atoms with van der Waals surface area (Å²) in [6, 6.07) is -0.595. The van der Waals surface area contributed by atoms with Gasteiger partial charge < -0.3 is 28.7 Å². The molecule has 0 bridgehead atoms. The van der Waals surface area contributed by atoms with Gasteiger partial charge in [-0.15, -0.1) is 0 Å². The number of ether oxygens (including phenoxy) is 4. The topological polar surface area (TPSA) is 112 Å². The molecular formula is C30H56N2O8S2. The van der Waals surface area contributed by atoms with E-state index in [1.807, 2.05) is 41.5 Å². The predicted octanol–water partition coefficient (Wildman–Crippen LogP) is 7.08. The highest BCUT2D eigenvalue weighted by molar-refractivity contribution is 8.76. The Bertz CT molecular complexity index is 814. The van der Waals surface area contributed by atoms with Crippen LogP contribution in [0.1, 0.15) is 109 Å². The third kappa shape index (κ3) is 20.1. The maximum Gasteiger partial charge on any atom is 0.410 e. The van der Waals surface area contributed by atoms with E-state index >= 15 is 0 Å². The standard InChI is InChI=1S/C30H56N2O8S2/c1-27(2,3)37-23(33)17-15-21(31(13)25(35)39-29(7,8)9)19-41-42-20-22(16-18-24(34)38-28(4,5)6)32(14)26(36)40-30(10,11)12/h21-22H,15-20H2,1-14H3/t21-,22-/m0/s1. The molecule has 0 rings (SSSR count). The summed E-state index contributed by atoms with van der Waals surface area (Å²) >= 11 is 0. The second kappa shape index (κ2) is 16.9. The third-order valence-electron chi connectivity index (χ3n) is 5.27. The molecule has 10 nitrogen and oxygen atoms in total. The van der Waals surface area contributed by atoms with Crippen molar-refractivity contribution in [2.45, 2.75) is 143 Å². The maximum atomic E-state index is 12.8. The molecular weight excluding hydrogens is 580 g/mol. The zero-order valence-electron chi connectivity index (χ0n) is 28.4. The fourth-order valence-corrected chi connectivity index (χ4v) is 6.16. The summed E-state index contributed by atoms with van der Waals surface area (Å²) in [4.78, 5) is 53.5. The smallest absolute Gasteiger partial charge is 0.410 e. The summed E-state index contributed by atoms with van der Waals surface area (Å²) in [7, 11) is 6.38.